The number of nitrogens with one attached hydrogen (secondary N) is 1. The molecular formula is C13H20N4O. The standard InChI is InChI=1S/C13H20N4O/c1-2-3-8-17(11-5-6-11)13(18)10-4-7-12(16-14)15-9-10/h4,7,9,11H,2-3,5-6,8,14H2,1H3,(H,15,16). The van der Waals surface area contributed by atoms with Gasteiger partial charge in [0.05, 0.1) is 5.56 Å². The molecule has 3 N–H and O–H groups in total. The Bertz CT molecular complexity index is 400. The number of hydrogen-bond donors (Lipinski definition) is 2. The van der Waals surface area contributed by atoms with Gasteiger partial charge in [-0.05, 0) is 31.4 Å². The molecule has 0 spiro atoms. The number of nitrogens with zero attached hydrogens (tertiary/aromatic N) is 2. The Morgan fingerprint density at radius 1 is 1.56 bits per heavy atom. The van der Waals surface area contributed by atoms with E-state index in [0.717, 1.165) is 32.2 Å². The lowest BCUT2D eigenvalue weighted by molar-refractivity contribution is 0.0740. The molecule has 0 aromatic carbocycles. The van der Waals surface area contributed by atoms with Gasteiger partial charge in [-0.2, -0.15) is 0 Å². The third-order valence-corrected chi connectivity index (χ3v) is 3.16. The first-order valence-electron chi connectivity index (χ1n) is 6.50. The first-order valence-corrected chi connectivity index (χ1v) is 6.50. The maximum absolute atomic E-state index is 12.4. The van der Waals surface area contributed by atoms with Gasteiger partial charge in [-0.1, -0.05) is 13.3 Å². The second-order valence-electron chi connectivity index (χ2n) is 4.66. The van der Waals surface area contributed by atoms with Crippen LogP contribution in [0.2, 0.25) is 0 Å². The second-order valence-corrected chi connectivity index (χ2v) is 4.66. The van der Waals surface area contributed by atoms with Crippen molar-refractivity contribution in [3.05, 3.63) is 23.9 Å². The largest absolute Gasteiger partial charge is 0.336 e. The molecule has 1 heterocycles. The Labute approximate surface area is 107 Å². The van der Waals surface area contributed by atoms with E-state index < -0.39 is 0 Å². The number of aromatic nitrogens is 1. The highest BCUT2D eigenvalue weighted by atomic mass is 16.2. The van der Waals surface area contributed by atoms with E-state index >= 15 is 0 Å². The van der Waals surface area contributed by atoms with Crippen molar-refractivity contribution in [2.45, 2.75) is 38.6 Å². The molecular weight excluding hydrogens is 228 g/mol. The average molecular weight is 248 g/mol. The molecule has 18 heavy (non-hydrogen) atoms. The Kier molecular flexibility index (Phi) is 4.15. The highest BCUT2D eigenvalue weighted by molar-refractivity contribution is 5.94. The van der Waals surface area contributed by atoms with Gasteiger partial charge in [0.2, 0.25) is 0 Å². The van der Waals surface area contributed by atoms with Gasteiger partial charge >= 0.3 is 0 Å². The van der Waals surface area contributed by atoms with E-state index in [4.69, 9.17) is 5.84 Å². The van der Waals surface area contributed by atoms with Crippen molar-refractivity contribution in [2.75, 3.05) is 12.0 Å². The van der Waals surface area contributed by atoms with E-state index in [1.807, 2.05) is 4.90 Å². The summed E-state index contributed by atoms with van der Waals surface area (Å²) in [6, 6.07) is 3.93. The predicted molar refractivity (Wildman–Crippen MR) is 71.0 cm³/mol. The number of carbonyl (C=O) groups excluding carboxylic acids is 1. The lowest BCUT2D eigenvalue weighted by Gasteiger charge is -2.22. The Balaban J connectivity index is 2.06. The van der Waals surface area contributed by atoms with Crippen LogP contribution in [0.4, 0.5) is 5.82 Å². The zero-order valence-electron chi connectivity index (χ0n) is 10.7. The molecule has 0 aliphatic heterocycles. The normalized spacial score (nSPS) is 14.3. The van der Waals surface area contributed by atoms with Crippen molar-refractivity contribution >= 4 is 11.7 Å². The minimum Gasteiger partial charge on any atom is -0.336 e. The van der Waals surface area contributed by atoms with Crippen molar-refractivity contribution in [3.8, 4) is 0 Å². The van der Waals surface area contributed by atoms with Crippen LogP contribution < -0.4 is 11.3 Å². The molecule has 5 heteroatoms. The van der Waals surface area contributed by atoms with Gasteiger partial charge in [0, 0.05) is 18.8 Å². The molecule has 0 saturated heterocycles. The summed E-state index contributed by atoms with van der Waals surface area (Å²) in [4.78, 5) is 18.4. The molecule has 1 aliphatic carbocycles. The maximum atomic E-state index is 12.4. The highest BCUT2D eigenvalue weighted by Crippen LogP contribution is 2.28. The average Bonchev–Trinajstić information content (AvgIpc) is 3.24. The molecule has 0 bridgehead atoms. The first kappa shape index (κ1) is 12.8. The number of pyridine rings is 1. The number of nitrogens with two attached hydrogens (primary N) is 1. The molecule has 1 fully saturated rings. The van der Waals surface area contributed by atoms with Crippen LogP contribution in [0.1, 0.15) is 43.0 Å². The molecule has 0 atom stereocenters. The van der Waals surface area contributed by atoms with E-state index in [1.54, 1.807) is 18.3 Å². The van der Waals surface area contributed by atoms with Gasteiger partial charge < -0.3 is 10.3 Å². The zero-order chi connectivity index (χ0) is 13.0. The topological polar surface area (TPSA) is 71.2 Å². The summed E-state index contributed by atoms with van der Waals surface area (Å²) in [5.74, 6) is 5.90. The zero-order valence-corrected chi connectivity index (χ0v) is 10.7. The molecule has 1 saturated carbocycles. The minimum atomic E-state index is 0.0852. The predicted octanol–water partition coefficient (Wildman–Crippen LogP) is 1.77. The van der Waals surface area contributed by atoms with Crippen LogP contribution in [0.3, 0.4) is 0 Å². The quantitative estimate of drug-likeness (QED) is 0.594. The number of rotatable bonds is 6. The molecule has 1 aliphatic rings. The van der Waals surface area contributed by atoms with Gasteiger partial charge in [0.15, 0.2) is 0 Å². The summed E-state index contributed by atoms with van der Waals surface area (Å²) >= 11 is 0. The van der Waals surface area contributed by atoms with Gasteiger partial charge in [0.25, 0.3) is 5.91 Å². The lowest BCUT2D eigenvalue weighted by atomic mass is 10.2. The molecule has 1 aromatic rings. The monoisotopic (exact) mass is 248 g/mol. The number of carbonyl (C=O) groups is 1. The van der Waals surface area contributed by atoms with Crippen LogP contribution in [0.5, 0.6) is 0 Å². The molecule has 5 nitrogen and oxygen atoms in total. The minimum absolute atomic E-state index is 0.0852. The summed E-state index contributed by atoms with van der Waals surface area (Å²) in [5.41, 5.74) is 3.09. The van der Waals surface area contributed by atoms with Crippen LogP contribution in [0.25, 0.3) is 0 Å². The van der Waals surface area contributed by atoms with Gasteiger partial charge in [-0.3, -0.25) is 4.79 Å². The molecule has 0 radical (unpaired) electrons. The van der Waals surface area contributed by atoms with Gasteiger partial charge in [-0.25, -0.2) is 10.8 Å². The fraction of sp³-hybridized carbons (Fsp3) is 0.538. The summed E-state index contributed by atoms with van der Waals surface area (Å²) in [6.45, 7) is 2.98. The van der Waals surface area contributed by atoms with Crippen LogP contribution in [-0.4, -0.2) is 28.4 Å². The number of hydrazine groups is 1. The van der Waals surface area contributed by atoms with E-state index in [-0.39, 0.29) is 5.91 Å². The summed E-state index contributed by atoms with van der Waals surface area (Å²) in [6.07, 6.45) is 6.00. The van der Waals surface area contributed by atoms with E-state index in [9.17, 15) is 4.79 Å². The first-order chi connectivity index (χ1) is 8.76. The smallest absolute Gasteiger partial charge is 0.255 e. The third-order valence-electron chi connectivity index (χ3n) is 3.16. The van der Waals surface area contributed by atoms with Crippen molar-refractivity contribution in [3.63, 3.8) is 0 Å². The van der Waals surface area contributed by atoms with Crippen LogP contribution in [-0.2, 0) is 0 Å². The SMILES string of the molecule is CCCCN(C(=O)c1ccc(NN)nc1)C1CC1. The van der Waals surface area contributed by atoms with Crippen molar-refractivity contribution in [1.82, 2.24) is 9.88 Å². The molecule has 2 rings (SSSR count). The number of amides is 1. The summed E-state index contributed by atoms with van der Waals surface area (Å²) in [5, 5.41) is 0. The van der Waals surface area contributed by atoms with E-state index in [0.29, 0.717) is 17.4 Å². The molecule has 1 aromatic heterocycles. The second kappa shape index (κ2) is 5.82. The molecule has 1 amide bonds. The Morgan fingerprint density at radius 3 is 2.83 bits per heavy atom. The van der Waals surface area contributed by atoms with Gasteiger partial charge in [0.1, 0.15) is 5.82 Å². The van der Waals surface area contributed by atoms with Crippen LogP contribution >= 0.6 is 0 Å². The number of nitrogen functional groups attached to an aromatic ring is 1. The lowest BCUT2D eigenvalue weighted by Crippen LogP contribution is -2.34. The van der Waals surface area contributed by atoms with Crippen molar-refractivity contribution in [1.29, 1.82) is 0 Å². The molecule has 98 valence electrons. The number of unbranched alkanes of at least 4 members (excludes halogenated alkanes) is 1. The van der Waals surface area contributed by atoms with Crippen molar-refractivity contribution < 1.29 is 4.79 Å². The third kappa shape index (κ3) is 2.98. The van der Waals surface area contributed by atoms with Crippen LogP contribution in [0.15, 0.2) is 18.3 Å². The molecule has 0 unspecified atom stereocenters. The van der Waals surface area contributed by atoms with Gasteiger partial charge in [-0.15, -0.1) is 0 Å². The number of hydrogen-bond acceptors (Lipinski definition) is 4. The number of anilines is 1. The van der Waals surface area contributed by atoms with E-state index in [2.05, 4.69) is 17.3 Å². The van der Waals surface area contributed by atoms with Crippen molar-refractivity contribution in [2.24, 2.45) is 5.84 Å². The summed E-state index contributed by atoms with van der Waals surface area (Å²) in [7, 11) is 0. The Hall–Kier alpha value is -1.62. The fourth-order valence-electron chi connectivity index (χ4n) is 1.94. The highest BCUT2D eigenvalue weighted by Gasteiger charge is 2.32. The Morgan fingerprint density at radius 2 is 2.33 bits per heavy atom. The van der Waals surface area contributed by atoms with Crippen LogP contribution in [0, 0.1) is 0 Å². The fourth-order valence-corrected chi connectivity index (χ4v) is 1.94. The van der Waals surface area contributed by atoms with E-state index in [1.165, 1.54) is 0 Å². The maximum Gasteiger partial charge on any atom is 0.255 e. The summed E-state index contributed by atoms with van der Waals surface area (Å²) < 4.78 is 0.